The van der Waals surface area contributed by atoms with Crippen molar-refractivity contribution in [2.45, 2.75) is 32.8 Å². The zero-order valence-electron chi connectivity index (χ0n) is 11.2. The standard InChI is InChI=1S/C13H18N4O2/c1-9(2)13-16-12(19-17-13)8-18-11-4-3-10(5-6-14)15-7-11/h3-4,7,9H,5-6,8,14H2,1-2H3. The van der Waals surface area contributed by atoms with Crippen LogP contribution < -0.4 is 10.5 Å². The third-order valence-corrected chi connectivity index (χ3v) is 2.56. The van der Waals surface area contributed by atoms with Gasteiger partial charge in [0.15, 0.2) is 12.4 Å². The van der Waals surface area contributed by atoms with E-state index in [1.165, 1.54) is 0 Å². The fraction of sp³-hybridized carbons (Fsp3) is 0.462. The van der Waals surface area contributed by atoms with Crippen LogP contribution in [-0.2, 0) is 13.0 Å². The number of aromatic nitrogens is 3. The molecule has 102 valence electrons. The van der Waals surface area contributed by atoms with Gasteiger partial charge in [-0.05, 0) is 18.7 Å². The van der Waals surface area contributed by atoms with Gasteiger partial charge in [0.25, 0.3) is 5.89 Å². The molecule has 0 aliphatic heterocycles. The summed E-state index contributed by atoms with van der Waals surface area (Å²) in [5.74, 6) is 2.07. The van der Waals surface area contributed by atoms with E-state index in [4.69, 9.17) is 15.0 Å². The lowest BCUT2D eigenvalue weighted by Crippen LogP contribution is -2.04. The molecule has 0 fully saturated rings. The largest absolute Gasteiger partial charge is 0.482 e. The molecule has 0 amide bonds. The van der Waals surface area contributed by atoms with Crippen LogP contribution in [-0.4, -0.2) is 21.7 Å². The van der Waals surface area contributed by atoms with Crippen LogP contribution in [0.4, 0.5) is 0 Å². The van der Waals surface area contributed by atoms with Crippen molar-refractivity contribution in [2.24, 2.45) is 5.73 Å². The molecule has 2 rings (SSSR count). The first-order chi connectivity index (χ1) is 9.19. The molecule has 2 aromatic rings. The molecule has 0 unspecified atom stereocenters. The topological polar surface area (TPSA) is 87.1 Å². The van der Waals surface area contributed by atoms with Crippen molar-refractivity contribution in [1.29, 1.82) is 0 Å². The predicted molar refractivity (Wildman–Crippen MR) is 69.7 cm³/mol. The predicted octanol–water partition coefficient (Wildman–Crippen LogP) is 1.67. The van der Waals surface area contributed by atoms with Crippen LogP contribution in [0.5, 0.6) is 5.75 Å². The zero-order valence-corrected chi connectivity index (χ0v) is 11.2. The molecule has 2 aromatic heterocycles. The van der Waals surface area contributed by atoms with Gasteiger partial charge in [-0.2, -0.15) is 4.98 Å². The maximum atomic E-state index is 5.53. The molecule has 0 atom stereocenters. The molecule has 0 aliphatic carbocycles. The summed E-state index contributed by atoms with van der Waals surface area (Å²) >= 11 is 0. The molecule has 19 heavy (non-hydrogen) atoms. The van der Waals surface area contributed by atoms with Gasteiger partial charge in [-0.15, -0.1) is 0 Å². The summed E-state index contributed by atoms with van der Waals surface area (Å²) in [5.41, 5.74) is 6.41. The van der Waals surface area contributed by atoms with Gasteiger partial charge < -0.3 is 15.0 Å². The Morgan fingerprint density at radius 2 is 2.21 bits per heavy atom. The molecule has 0 spiro atoms. The highest BCUT2D eigenvalue weighted by molar-refractivity contribution is 5.20. The van der Waals surface area contributed by atoms with E-state index in [9.17, 15) is 0 Å². The highest BCUT2D eigenvalue weighted by atomic mass is 16.5. The van der Waals surface area contributed by atoms with Crippen molar-refractivity contribution in [3.63, 3.8) is 0 Å². The second kappa shape index (κ2) is 6.29. The Balaban J connectivity index is 1.90. The van der Waals surface area contributed by atoms with Crippen molar-refractivity contribution >= 4 is 0 Å². The molecule has 0 radical (unpaired) electrons. The van der Waals surface area contributed by atoms with Crippen molar-refractivity contribution in [1.82, 2.24) is 15.1 Å². The third-order valence-electron chi connectivity index (χ3n) is 2.56. The molecule has 0 aromatic carbocycles. The molecular weight excluding hydrogens is 244 g/mol. The van der Waals surface area contributed by atoms with E-state index in [2.05, 4.69) is 15.1 Å². The lowest BCUT2D eigenvalue weighted by atomic mass is 10.2. The number of hydrogen-bond acceptors (Lipinski definition) is 6. The van der Waals surface area contributed by atoms with Gasteiger partial charge in [0, 0.05) is 18.0 Å². The van der Waals surface area contributed by atoms with Crippen molar-refractivity contribution in [2.75, 3.05) is 6.54 Å². The molecule has 0 saturated heterocycles. The van der Waals surface area contributed by atoms with Gasteiger partial charge in [0.2, 0.25) is 0 Å². The summed E-state index contributed by atoms with van der Waals surface area (Å²) in [4.78, 5) is 8.47. The van der Waals surface area contributed by atoms with Gasteiger partial charge in [0.1, 0.15) is 5.75 Å². The average molecular weight is 262 g/mol. The van der Waals surface area contributed by atoms with Gasteiger partial charge in [-0.3, -0.25) is 4.98 Å². The quantitative estimate of drug-likeness (QED) is 0.852. The average Bonchev–Trinajstić information content (AvgIpc) is 2.87. The summed E-state index contributed by atoms with van der Waals surface area (Å²) in [6.07, 6.45) is 2.44. The number of hydrogen-bond donors (Lipinski definition) is 1. The summed E-state index contributed by atoms with van der Waals surface area (Å²) in [7, 11) is 0. The van der Waals surface area contributed by atoms with Crippen molar-refractivity contribution in [3.05, 3.63) is 35.7 Å². The zero-order chi connectivity index (χ0) is 13.7. The summed E-state index contributed by atoms with van der Waals surface area (Å²) in [6, 6.07) is 3.76. The van der Waals surface area contributed by atoms with Crippen molar-refractivity contribution in [3.8, 4) is 5.75 Å². The summed E-state index contributed by atoms with van der Waals surface area (Å²) in [6.45, 7) is 4.86. The number of nitrogens with two attached hydrogens (primary N) is 1. The van der Waals surface area contributed by atoms with Crippen LogP contribution in [0.2, 0.25) is 0 Å². The number of pyridine rings is 1. The Morgan fingerprint density at radius 3 is 2.79 bits per heavy atom. The second-order valence-electron chi connectivity index (χ2n) is 4.51. The first-order valence-electron chi connectivity index (χ1n) is 6.29. The van der Waals surface area contributed by atoms with E-state index in [1.807, 2.05) is 26.0 Å². The van der Waals surface area contributed by atoms with Crippen LogP contribution in [0.1, 0.15) is 37.2 Å². The fourth-order valence-corrected chi connectivity index (χ4v) is 1.50. The van der Waals surface area contributed by atoms with E-state index in [0.717, 1.165) is 12.1 Å². The van der Waals surface area contributed by atoms with E-state index >= 15 is 0 Å². The fourth-order valence-electron chi connectivity index (χ4n) is 1.50. The minimum absolute atomic E-state index is 0.245. The second-order valence-corrected chi connectivity index (χ2v) is 4.51. The van der Waals surface area contributed by atoms with Crippen molar-refractivity contribution < 1.29 is 9.26 Å². The summed E-state index contributed by atoms with van der Waals surface area (Å²) < 4.78 is 10.6. The number of rotatable bonds is 6. The van der Waals surface area contributed by atoms with Gasteiger partial charge in [-0.1, -0.05) is 19.0 Å². The highest BCUT2D eigenvalue weighted by Gasteiger charge is 2.10. The minimum atomic E-state index is 0.245. The van der Waals surface area contributed by atoms with Crippen LogP contribution in [0, 0.1) is 0 Å². The van der Waals surface area contributed by atoms with Crippen LogP contribution in [0.3, 0.4) is 0 Å². The van der Waals surface area contributed by atoms with Gasteiger partial charge >= 0.3 is 0 Å². The van der Waals surface area contributed by atoms with E-state index in [1.54, 1.807) is 6.20 Å². The minimum Gasteiger partial charge on any atom is -0.482 e. The lowest BCUT2D eigenvalue weighted by Gasteiger charge is -2.03. The Morgan fingerprint density at radius 1 is 1.37 bits per heavy atom. The van der Waals surface area contributed by atoms with E-state index in [-0.39, 0.29) is 12.5 Å². The van der Waals surface area contributed by atoms with Crippen LogP contribution in [0.25, 0.3) is 0 Å². The Hall–Kier alpha value is -1.95. The highest BCUT2D eigenvalue weighted by Crippen LogP contribution is 2.13. The molecule has 0 saturated carbocycles. The van der Waals surface area contributed by atoms with Gasteiger partial charge in [0.05, 0.1) is 6.20 Å². The third kappa shape index (κ3) is 3.75. The molecule has 0 bridgehead atoms. The molecule has 2 N–H and O–H groups in total. The maximum Gasteiger partial charge on any atom is 0.264 e. The number of ether oxygens (including phenoxy) is 1. The molecular formula is C13H18N4O2. The van der Waals surface area contributed by atoms with Crippen LogP contribution >= 0.6 is 0 Å². The van der Waals surface area contributed by atoms with Crippen LogP contribution in [0.15, 0.2) is 22.9 Å². The molecule has 6 heteroatoms. The maximum absolute atomic E-state index is 5.53. The summed E-state index contributed by atoms with van der Waals surface area (Å²) in [5, 5.41) is 3.87. The monoisotopic (exact) mass is 262 g/mol. The lowest BCUT2D eigenvalue weighted by molar-refractivity contribution is 0.241. The first-order valence-corrected chi connectivity index (χ1v) is 6.29. The first kappa shape index (κ1) is 13.5. The normalized spacial score (nSPS) is 10.9. The molecule has 6 nitrogen and oxygen atoms in total. The smallest absolute Gasteiger partial charge is 0.264 e. The SMILES string of the molecule is CC(C)c1noc(COc2ccc(CCN)nc2)n1. The van der Waals surface area contributed by atoms with E-state index < -0.39 is 0 Å². The van der Waals surface area contributed by atoms with Gasteiger partial charge in [-0.25, -0.2) is 0 Å². The van der Waals surface area contributed by atoms with E-state index in [0.29, 0.717) is 24.0 Å². The number of nitrogens with zero attached hydrogens (tertiary/aromatic N) is 3. The Labute approximate surface area is 112 Å². The Kier molecular flexibility index (Phi) is 4.46. The Bertz CT molecular complexity index is 508. The molecule has 0 aliphatic rings. The molecule has 2 heterocycles.